The van der Waals surface area contributed by atoms with Crippen molar-refractivity contribution in [2.24, 2.45) is 10.7 Å². The van der Waals surface area contributed by atoms with Crippen LogP contribution in [0.4, 0.5) is 0 Å². The summed E-state index contributed by atoms with van der Waals surface area (Å²) < 4.78 is 22.2. The van der Waals surface area contributed by atoms with Crippen LogP contribution >= 0.6 is 0 Å². The normalized spacial score (nSPS) is 36.8. The van der Waals surface area contributed by atoms with E-state index in [2.05, 4.69) is 10.3 Å². The SMILES string of the molecule is NC1=NCC2(C=CS(=O)(=O)C2)N1. The maximum absolute atomic E-state index is 11.1. The fourth-order valence-electron chi connectivity index (χ4n) is 1.43. The molecule has 1 unspecified atom stereocenters. The molecule has 5 nitrogen and oxygen atoms in total. The number of nitrogens with one attached hydrogen (secondary N) is 1. The van der Waals surface area contributed by atoms with Crippen molar-refractivity contribution in [3.05, 3.63) is 11.5 Å². The highest BCUT2D eigenvalue weighted by Gasteiger charge is 2.40. The highest BCUT2D eigenvalue weighted by molar-refractivity contribution is 7.94. The topological polar surface area (TPSA) is 84.5 Å². The van der Waals surface area contributed by atoms with Crippen LogP contribution in [0, 0.1) is 0 Å². The number of rotatable bonds is 0. The maximum atomic E-state index is 11.1. The van der Waals surface area contributed by atoms with Gasteiger partial charge in [0.2, 0.25) is 0 Å². The van der Waals surface area contributed by atoms with Crippen molar-refractivity contribution < 1.29 is 8.42 Å². The van der Waals surface area contributed by atoms with Gasteiger partial charge < -0.3 is 11.1 Å². The van der Waals surface area contributed by atoms with E-state index in [0.717, 1.165) is 0 Å². The molecule has 0 amide bonds. The number of guanidine groups is 1. The molecule has 0 fully saturated rings. The van der Waals surface area contributed by atoms with Gasteiger partial charge in [-0.3, -0.25) is 4.99 Å². The van der Waals surface area contributed by atoms with Crippen LogP contribution in [0.15, 0.2) is 16.5 Å². The Hall–Kier alpha value is -1.04. The van der Waals surface area contributed by atoms with Crippen molar-refractivity contribution in [3.8, 4) is 0 Å². The fraction of sp³-hybridized carbons (Fsp3) is 0.500. The second kappa shape index (κ2) is 2.01. The molecule has 3 N–H and O–H groups in total. The Labute approximate surface area is 70.3 Å². The molecule has 12 heavy (non-hydrogen) atoms. The van der Waals surface area contributed by atoms with Gasteiger partial charge in [0.1, 0.15) is 0 Å². The Morgan fingerprint density at radius 3 is 2.83 bits per heavy atom. The van der Waals surface area contributed by atoms with E-state index in [4.69, 9.17) is 5.73 Å². The van der Waals surface area contributed by atoms with E-state index < -0.39 is 15.4 Å². The van der Waals surface area contributed by atoms with Gasteiger partial charge in [0.25, 0.3) is 0 Å². The molecule has 6 heteroatoms. The smallest absolute Gasteiger partial charge is 0.189 e. The lowest BCUT2D eigenvalue weighted by atomic mass is 10.1. The number of aliphatic imine (C=N–C) groups is 1. The molecule has 0 saturated heterocycles. The molecule has 0 aromatic heterocycles. The highest BCUT2D eigenvalue weighted by Crippen LogP contribution is 2.22. The first-order valence-corrected chi connectivity index (χ1v) is 5.23. The molecule has 0 radical (unpaired) electrons. The van der Waals surface area contributed by atoms with Gasteiger partial charge in [0.15, 0.2) is 15.8 Å². The molecule has 0 bridgehead atoms. The lowest BCUT2D eigenvalue weighted by molar-refractivity contribution is 0.557. The number of nitrogens with two attached hydrogens (primary N) is 1. The zero-order valence-corrected chi connectivity index (χ0v) is 7.13. The van der Waals surface area contributed by atoms with E-state index in [9.17, 15) is 8.42 Å². The van der Waals surface area contributed by atoms with Crippen LogP contribution < -0.4 is 11.1 Å². The highest BCUT2D eigenvalue weighted by atomic mass is 32.2. The monoisotopic (exact) mass is 187 g/mol. The second-order valence-electron chi connectivity index (χ2n) is 3.09. The Morgan fingerprint density at radius 1 is 1.67 bits per heavy atom. The Kier molecular flexibility index (Phi) is 1.27. The standard InChI is InChI=1S/C6H9N3O2S/c7-5-8-3-6(9-5)1-2-12(10,11)4-6/h1-2H,3-4H2,(H3,7,8,9). The molecule has 0 aliphatic carbocycles. The van der Waals surface area contributed by atoms with Crippen molar-refractivity contribution in [2.45, 2.75) is 5.54 Å². The summed E-state index contributed by atoms with van der Waals surface area (Å²) in [6.07, 6.45) is 1.62. The summed E-state index contributed by atoms with van der Waals surface area (Å²) in [5.41, 5.74) is 4.84. The number of hydrogen-bond acceptors (Lipinski definition) is 5. The van der Waals surface area contributed by atoms with Crippen LogP contribution in [0.3, 0.4) is 0 Å². The summed E-state index contributed by atoms with van der Waals surface area (Å²) in [6, 6.07) is 0. The first-order chi connectivity index (χ1) is 5.52. The van der Waals surface area contributed by atoms with E-state index in [-0.39, 0.29) is 5.75 Å². The lowest BCUT2D eigenvalue weighted by Crippen LogP contribution is -2.48. The van der Waals surface area contributed by atoms with E-state index in [0.29, 0.717) is 12.5 Å². The minimum absolute atomic E-state index is 0.0597. The van der Waals surface area contributed by atoms with Gasteiger partial charge in [-0.15, -0.1) is 0 Å². The Balaban J connectivity index is 2.26. The average Bonchev–Trinajstić information content (AvgIpc) is 2.41. The molecule has 66 valence electrons. The van der Waals surface area contributed by atoms with Gasteiger partial charge in [-0.25, -0.2) is 8.42 Å². The van der Waals surface area contributed by atoms with Gasteiger partial charge in [-0.2, -0.15) is 0 Å². The molecule has 0 aromatic rings. The van der Waals surface area contributed by atoms with Crippen LogP contribution in [-0.4, -0.2) is 32.2 Å². The van der Waals surface area contributed by atoms with Crippen LogP contribution in [0.25, 0.3) is 0 Å². The quantitative estimate of drug-likeness (QED) is 0.487. The van der Waals surface area contributed by atoms with Gasteiger partial charge in [-0.1, -0.05) is 0 Å². The first kappa shape index (κ1) is 7.60. The van der Waals surface area contributed by atoms with Crippen molar-refractivity contribution in [1.82, 2.24) is 5.32 Å². The molecule has 0 saturated carbocycles. The van der Waals surface area contributed by atoms with Crippen molar-refractivity contribution in [3.63, 3.8) is 0 Å². The minimum atomic E-state index is -3.03. The molecule has 2 aliphatic heterocycles. The third-order valence-electron chi connectivity index (χ3n) is 1.96. The molecule has 2 heterocycles. The molecule has 2 aliphatic rings. The van der Waals surface area contributed by atoms with Crippen molar-refractivity contribution >= 4 is 15.8 Å². The zero-order chi connectivity index (χ0) is 8.82. The number of sulfone groups is 1. The molecule has 1 spiro atoms. The summed E-state index contributed by atoms with van der Waals surface area (Å²) >= 11 is 0. The third kappa shape index (κ3) is 1.08. The van der Waals surface area contributed by atoms with Gasteiger partial charge in [-0.05, 0) is 6.08 Å². The molecular weight excluding hydrogens is 178 g/mol. The van der Waals surface area contributed by atoms with Crippen molar-refractivity contribution in [1.29, 1.82) is 0 Å². The lowest BCUT2D eigenvalue weighted by Gasteiger charge is -2.19. The van der Waals surface area contributed by atoms with E-state index in [1.807, 2.05) is 0 Å². The molecule has 2 rings (SSSR count). The van der Waals surface area contributed by atoms with E-state index >= 15 is 0 Å². The maximum Gasteiger partial charge on any atom is 0.189 e. The van der Waals surface area contributed by atoms with Crippen LogP contribution in [0.2, 0.25) is 0 Å². The second-order valence-corrected chi connectivity index (χ2v) is 4.98. The average molecular weight is 187 g/mol. The molecular formula is C6H9N3O2S. The van der Waals surface area contributed by atoms with Crippen LogP contribution in [0.1, 0.15) is 0 Å². The van der Waals surface area contributed by atoms with Gasteiger partial charge in [0, 0.05) is 5.41 Å². The summed E-state index contributed by atoms with van der Waals surface area (Å²) in [5.74, 6) is 0.376. The zero-order valence-electron chi connectivity index (χ0n) is 6.32. The summed E-state index contributed by atoms with van der Waals surface area (Å²) in [6.45, 7) is 0.411. The first-order valence-electron chi connectivity index (χ1n) is 3.52. The molecule has 1 atom stereocenters. The third-order valence-corrected chi connectivity index (χ3v) is 3.43. The summed E-state index contributed by atoms with van der Waals surface area (Å²) in [4.78, 5) is 3.90. The van der Waals surface area contributed by atoms with Crippen molar-refractivity contribution in [2.75, 3.05) is 12.3 Å². The number of hydrogen-bond donors (Lipinski definition) is 2. The van der Waals surface area contributed by atoms with Gasteiger partial charge >= 0.3 is 0 Å². The molecule has 0 aromatic carbocycles. The number of nitrogens with zero attached hydrogens (tertiary/aromatic N) is 1. The Bertz CT molecular complexity index is 370. The van der Waals surface area contributed by atoms with Gasteiger partial charge in [0.05, 0.1) is 17.8 Å². The largest absolute Gasteiger partial charge is 0.370 e. The predicted molar refractivity (Wildman–Crippen MR) is 45.3 cm³/mol. The summed E-state index contributed by atoms with van der Waals surface area (Å²) in [7, 11) is -3.03. The van der Waals surface area contributed by atoms with E-state index in [1.165, 1.54) is 5.41 Å². The van der Waals surface area contributed by atoms with E-state index in [1.54, 1.807) is 6.08 Å². The van der Waals surface area contributed by atoms with Crippen LogP contribution in [-0.2, 0) is 9.84 Å². The fourth-order valence-corrected chi connectivity index (χ4v) is 2.97. The minimum Gasteiger partial charge on any atom is -0.370 e. The summed E-state index contributed by atoms with van der Waals surface area (Å²) in [5, 5.41) is 4.06. The predicted octanol–water partition coefficient (Wildman–Crippen LogP) is -1.41. The van der Waals surface area contributed by atoms with Crippen LogP contribution in [0.5, 0.6) is 0 Å². The Morgan fingerprint density at radius 2 is 2.42 bits per heavy atom.